The molecule has 1 aliphatic rings. The number of rotatable bonds is 2. The lowest BCUT2D eigenvalue weighted by Crippen LogP contribution is -2.10. The van der Waals surface area contributed by atoms with Gasteiger partial charge in [-0.3, -0.25) is 0 Å². The van der Waals surface area contributed by atoms with Gasteiger partial charge in [0.15, 0.2) is 0 Å². The second-order valence-electron chi connectivity index (χ2n) is 4.60. The van der Waals surface area contributed by atoms with Crippen molar-refractivity contribution in [3.8, 4) is 0 Å². The normalized spacial score (nSPS) is 15.7. The van der Waals surface area contributed by atoms with E-state index in [2.05, 4.69) is 22.0 Å². The summed E-state index contributed by atoms with van der Waals surface area (Å²) in [4.78, 5) is 2.65. The highest BCUT2D eigenvalue weighted by Crippen LogP contribution is 2.35. The van der Waals surface area contributed by atoms with Gasteiger partial charge in [-0.1, -0.05) is 6.07 Å². The Hall–Kier alpha value is -0.710. The lowest BCUT2D eigenvalue weighted by molar-refractivity contribution is 0.619. The lowest BCUT2D eigenvalue weighted by atomic mass is 10.1. The summed E-state index contributed by atoms with van der Waals surface area (Å²) in [5, 5.41) is 0. The first kappa shape index (κ1) is 12.3. The van der Waals surface area contributed by atoms with Gasteiger partial charge >= 0.3 is 0 Å². The zero-order valence-corrected chi connectivity index (χ0v) is 12.2. The van der Waals surface area contributed by atoms with Crippen molar-refractivity contribution < 1.29 is 4.39 Å². The van der Waals surface area contributed by atoms with Crippen molar-refractivity contribution in [1.29, 1.82) is 0 Å². The van der Waals surface area contributed by atoms with E-state index in [9.17, 15) is 4.39 Å². The maximum absolute atomic E-state index is 13.2. The van der Waals surface area contributed by atoms with Crippen LogP contribution in [0.1, 0.15) is 33.3 Å². The van der Waals surface area contributed by atoms with Gasteiger partial charge < -0.3 is 5.73 Å². The highest BCUT2D eigenvalue weighted by molar-refractivity contribution is 9.10. The Kier molecular flexibility index (Phi) is 3.26. The molecule has 0 aliphatic heterocycles. The Balaban J connectivity index is 1.93. The van der Waals surface area contributed by atoms with Gasteiger partial charge in [-0.05, 0) is 64.5 Å². The van der Waals surface area contributed by atoms with Gasteiger partial charge in [0.05, 0.1) is 10.5 Å². The second-order valence-corrected chi connectivity index (χ2v) is 6.62. The number of hydrogen-bond donors (Lipinski definition) is 1. The minimum atomic E-state index is -0.250. The predicted molar refractivity (Wildman–Crippen MR) is 76.5 cm³/mol. The molecule has 1 aromatic carbocycles. The third-order valence-corrected chi connectivity index (χ3v) is 5.30. The van der Waals surface area contributed by atoms with E-state index >= 15 is 0 Å². The van der Waals surface area contributed by atoms with Crippen molar-refractivity contribution in [2.75, 3.05) is 0 Å². The van der Waals surface area contributed by atoms with E-state index in [1.807, 2.05) is 0 Å². The quantitative estimate of drug-likeness (QED) is 0.880. The van der Waals surface area contributed by atoms with Crippen molar-refractivity contribution in [1.82, 2.24) is 0 Å². The summed E-state index contributed by atoms with van der Waals surface area (Å²) in [7, 11) is 0. The van der Waals surface area contributed by atoms with Crippen LogP contribution in [0.2, 0.25) is 0 Å². The molecule has 1 atom stereocenters. The molecule has 0 radical (unpaired) electrons. The summed E-state index contributed by atoms with van der Waals surface area (Å²) in [6.07, 6.45) is 3.62. The molecule has 2 aromatic rings. The molecular formula is C14H13BrFNS. The predicted octanol–water partition coefficient (Wildman–Crippen LogP) is 4.19. The fraction of sp³-hybridized carbons (Fsp3) is 0.286. The van der Waals surface area contributed by atoms with Crippen molar-refractivity contribution in [3.63, 3.8) is 0 Å². The molecule has 4 heteroatoms. The number of nitrogens with two attached hydrogens (primary N) is 1. The molecule has 1 heterocycles. The van der Waals surface area contributed by atoms with Crippen LogP contribution in [0, 0.1) is 5.82 Å². The minimum absolute atomic E-state index is 0.155. The van der Waals surface area contributed by atoms with Gasteiger partial charge in [-0.25, -0.2) is 4.39 Å². The first-order valence-corrected chi connectivity index (χ1v) is 7.58. The van der Waals surface area contributed by atoms with Crippen LogP contribution in [0.3, 0.4) is 0 Å². The number of benzene rings is 1. The molecule has 1 nitrogen and oxygen atoms in total. The van der Waals surface area contributed by atoms with Crippen LogP contribution >= 0.6 is 27.3 Å². The van der Waals surface area contributed by atoms with Crippen LogP contribution in [0.5, 0.6) is 0 Å². The smallest absolute Gasteiger partial charge is 0.137 e. The highest BCUT2D eigenvalue weighted by Gasteiger charge is 2.19. The molecule has 1 unspecified atom stereocenters. The molecule has 0 bridgehead atoms. The standard InChI is InChI=1S/C14H13BrFNS/c15-10-6-9(4-5-11(10)16)14(17)13-7-8-2-1-3-12(8)18-13/h4-7,14H,1-3,17H2. The number of halogens is 2. The number of thiophene rings is 1. The Labute approximate surface area is 118 Å². The van der Waals surface area contributed by atoms with Crippen LogP contribution in [-0.2, 0) is 12.8 Å². The van der Waals surface area contributed by atoms with E-state index in [0.29, 0.717) is 4.47 Å². The average Bonchev–Trinajstić information content (AvgIpc) is 2.92. The van der Waals surface area contributed by atoms with Crippen molar-refractivity contribution in [3.05, 3.63) is 55.4 Å². The van der Waals surface area contributed by atoms with Gasteiger partial charge in [0.1, 0.15) is 5.82 Å². The maximum atomic E-state index is 13.2. The number of fused-ring (bicyclic) bond motifs is 1. The maximum Gasteiger partial charge on any atom is 0.137 e. The van der Waals surface area contributed by atoms with E-state index < -0.39 is 0 Å². The van der Waals surface area contributed by atoms with Crippen LogP contribution in [0.15, 0.2) is 28.7 Å². The van der Waals surface area contributed by atoms with Gasteiger partial charge in [-0.2, -0.15) is 0 Å². The lowest BCUT2D eigenvalue weighted by Gasteiger charge is -2.11. The molecule has 0 saturated heterocycles. The number of hydrogen-bond acceptors (Lipinski definition) is 2. The van der Waals surface area contributed by atoms with Crippen molar-refractivity contribution in [2.45, 2.75) is 25.3 Å². The van der Waals surface area contributed by atoms with E-state index in [4.69, 9.17) is 5.73 Å². The largest absolute Gasteiger partial charge is 0.320 e. The molecule has 1 aliphatic carbocycles. The molecule has 3 rings (SSSR count). The topological polar surface area (TPSA) is 26.0 Å². The molecule has 1 aromatic heterocycles. The Morgan fingerprint density at radius 1 is 1.28 bits per heavy atom. The fourth-order valence-electron chi connectivity index (χ4n) is 2.38. The number of aryl methyl sites for hydroxylation is 2. The molecular weight excluding hydrogens is 313 g/mol. The van der Waals surface area contributed by atoms with Crippen LogP contribution in [0.25, 0.3) is 0 Å². The molecule has 18 heavy (non-hydrogen) atoms. The summed E-state index contributed by atoms with van der Waals surface area (Å²) in [6, 6.07) is 7.05. The molecule has 0 spiro atoms. The van der Waals surface area contributed by atoms with E-state index in [0.717, 1.165) is 5.56 Å². The summed E-state index contributed by atoms with van der Waals surface area (Å²) in [5.74, 6) is -0.250. The zero-order valence-electron chi connectivity index (χ0n) is 9.75. The first-order valence-electron chi connectivity index (χ1n) is 5.97. The first-order chi connectivity index (χ1) is 8.65. The molecule has 2 N–H and O–H groups in total. The molecule has 94 valence electrons. The Morgan fingerprint density at radius 2 is 2.11 bits per heavy atom. The van der Waals surface area contributed by atoms with Gasteiger partial charge in [0.2, 0.25) is 0 Å². The summed E-state index contributed by atoms with van der Waals surface area (Å²) >= 11 is 5.01. The van der Waals surface area contributed by atoms with Gasteiger partial charge in [-0.15, -0.1) is 11.3 Å². The van der Waals surface area contributed by atoms with Crippen LogP contribution in [-0.4, -0.2) is 0 Å². The van der Waals surface area contributed by atoms with E-state index in [-0.39, 0.29) is 11.9 Å². The molecule has 0 saturated carbocycles. The van der Waals surface area contributed by atoms with Crippen molar-refractivity contribution >= 4 is 27.3 Å². The third kappa shape index (κ3) is 2.13. The van der Waals surface area contributed by atoms with Gasteiger partial charge in [0, 0.05) is 9.75 Å². The molecule has 0 amide bonds. The minimum Gasteiger partial charge on any atom is -0.320 e. The zero-order chi connectivity index (χ0) is 12.7. The average molecular weight is 326 g/mol. The summed E-state index contributed by atoms with van der Waals surface area (Å²) < 4.78 is 13.7. The Morgan fingerprint density at radius 3 is 2.83 bits per heavy atom. The Bertz CT molecular complexity index is 572. The van der Waals surface area contributed by atoms with E-state index in [1.54, 1.807) is 23.5 Å². The summed E-state index contributed by atoms with van der Waals surface area (Å²) in [5.41, 5.74) is 8.66. The van der Waals surface area contributed by atoms with Gasteiger partial charge in [0.25, 0.3) is 0 Å². The SMILES string of the molecule is NC(c1ccc(F)c(Br)c1)c1cc2c(s1)CCC2. The highest BCUT2D eigenvalue weighted by atomic mass is 79.9. The third-order valence-electron chi connectivity index (χ3n) is 3.37. The van der Waals surface area contributed by atoms with Crippen LogP contribution < -0.4 is 5.73 Å². The second kappa shape index (κ2) is 4.76. The molecule has 0 fully saturated rings. The monoisotopic (exact) mass is 325 g/mol. The van der Waals surface area contributed by atoms with Crippen LogP contribution in [0.4, 0.5) is 4.39 Å². The summed E-state index contributed by atoms with van der Waals surface area (Å²) in [6.45, 7) is 0. The van der Waals surface area contributed by atoms with Crippen molar-refractivity contribution in [2.24, 2.45) is 5.73 Å². The van der Waals surface area contributed by atoms with E-state index in [1.165, 1.54) is 40.6 Å². The fourth-order valence-corrected chi connectivity index (χ4v) is 4.06.